The van der Waals surface area contributed by atoms with E-state index >= 15 is 0 Å². The number of carbonyl (C=O) groups is 2. The molecule has 0 bridgehead atoms. The van der Waals surface area contributed by atoms with E-state index < -0.39 is 28.5 Å². The molecular weight excluding hydrogens is 314 g/mol. The Morgan fingerprint density at radius 3 is 2.45 bits per heavy atom. The number of methoxy groups -OCH3 is 1. The quantitative estimate of drug-likeness (QED) is 0.709. The molecule has 9 heteroatoms. The smallest absolute Gasteiger partial charge is 0.373 e. The molecule has 0 saturated carbocycles. The first-order valence-corrected chi connectivity index (χ1v) is 8.14. The van der Waals surface area contributed by atoms with Crippen LogP contribution >= 0.6 is 0 Å². The number of carbonyl (C=O) groups excluding carboxylic acids is 1. The molecule has 0 spiro atoms. The fraction of sp³-hybridized carbons (Fsp3) is 0.538. The van der Waals surface area contributed by atoms with Gasteiger partial charge in [-0.1, -0.05) is 13.8 Å². The van der Waals surface area contributed by atoms with Gasteiger partial charge in [-0.05, 0) is 6.42 Å². The molecule has 0 saturated heterocycles. The van der Waals surface area contributed by atoms with Crippen LogP contribution in [0.4, 0.5) is 0 Å². The van der Waals surface area contributed by atoms with Gasteiger partial charge >= 0.3 is 11.9 Å². The molecule has 0 aliphatic carbocycles. The first-order valence-electron chi connectivity index (χ1n) is 6.70. The molecular formula is C13H19NO7S. The molecule has 0 aliphatic heterocycles. The van der Waals surface area contributed by atoms with Crippen molar-refractivity contribution < 1.29 is 32.3 Å². The summed E-state index contributed by atoms with van der Waals surface area (Å²) >= 11 is 0. The van der Waals surface area contributed by atoms with Crippen molar-refractivity contribution in [2.45, 2.75) is 31.6 Å². The molecule has 0 atom stereocenters. The number of carboxylic acids is 1. The van der Waals surface area contributed by atoms with Crippen LogP contribution in [0, 0.1) is 0 Å². The molecule has 0 unspecified atom stereocenters. The van der Waals surface area contributed by atoms with Crippen molar-refractivity contribution in [1.29, 1.82) is 0 Å². The van der Waals surface area contributed by atoms with Crippen LogP contribution in [0.3, 0.4) is 0 Å². The third-order valence-electron chi connectivity index (χ3n) is 2.88. The molecule has 1 aromatic heterocycles. The maximum Gasteiger partial charge on any atom is 0.373 e. The minimum atomic E-state index is -4.07. The van der Waals surface area contributed by atoms with Crippen LogP contribution in [-0.4, -0.2) is 50.0 Å². The van der Waals surface area contributed by atoms with Crippen molar-refractivity contribution in [2.24, 2.45) is 0 Å². The molecule has 1 N–H and O–H groups in total. The Bertz CT molecular complexity index is 647. The summed E-state index contributed by atoms with van der Waals surface area (Å²) in [6.07, 6.45) is 0.689. The van der Waals surface area contributed by atoms with Crippen LogP contribution in [0.2, 0.25) is 0 Å². The SMILES string of the molecule is CCCN(CC(=O)O)S(=O)(=O)c1cc(C(=O)OC)oc1CC. The van der Waals surface area contributed by atoms with Gasteiger partial charge in [0.2, 0.25) is 15.8 Å². The molecule has 22 heavy (non-hydrogen) atoms. The highest BCUT2D eigenvalue weighted by atomic mass is 32.2. The average Bonchev–Trinajstić information content (AvgIpc) is 2.90. The number of hydrogen-bond donors (Lipinski definition) is 1. The lowest BCUT2D eigenvalue weighted by Crippen LogP contribution is -2.36. The number of carboxylic acid groups (broad SMARTS) is 1. The van der Waals surface area contributed by atoms with Gasteiger partial charge in [0.1, 0.15) is 17.2 Å². The number of aliphatic carboxylic acids is 1. The molecule has 0 radical (unpaired) electrons. The second-order valence-corrected chi connectivity index (χ2v) is 6.38. The molecule has 1 rings (SSSR count). The highest BCUT2D eigenvalue weighted by Gasteiger charge is 2.31. The fourth-order valence-electron chi connectivity index (χ4n) is 1.90. The van der Waals surface area contributed by atoms with Crippen molar-refractivity contribution in [1.82, 2.24) is 4.31 Å². The monoisotopic (exact) mass is 333 g/mol. The number of esters is 1. The van der Waals surface area contributed by atoms with Gasteiger partial charge in [0.15, 0.2) is 0 Å². The maximum atomic E-state index is 12.6. The van der Waals surface area contributed by atoms with Gasteiger partial charge in [-0.2, -0.15) is 4.31 Å². The lowest BCUT2D eigenvalue weighted by Gasteiger charge is -2.19. The van der Waals surface area contributed by atoms with Gasteiger partial charge in [0.25, 0.3) is 0 Å². The average molecular weight is 333 g/mol. The van der Waals surface area contributed by atoms with Crippen LogP contribution < -0.4 is 0 Å². The molecule has 0 aromatic carbocycles. The van der Waals surface area contributed by atoms with E-state index in [-0.39, 0.29) is 29.4 Å². The standard InChI is InChI=1S/C13H19NO7S/c1-4-6-14(8-12(15)16)22(18,19)11-7-10(13(17)20-3)21-9(11)5-2/h7H,4-6,8H2,1-3H3,(H,15,16). The topological polar surface area (TPSA) is 114 Å². The van der Waals surface area contributed by atoms with Gasteiger partial charge in [-0.25, -0.2) is 13.2 Å². The van der Waals surface area contributed by atoms with Crippen molar-refractivity contribution in [3.63, 3.8) is 0 Å². The van der Waals surface area contributed by atoms with E-state index in [1.54, 1.807) is 13.8 Å². The van der Waals surface area contributed by atoms with E-state index in [9.17, 15) is 18.0 Å². The largest absolute Gasteiger partial charge is 0.480 e. The normalized spacial score (nSPS) is 11.6. The second-order valence-electron chi connectivity index (χ2n) is 4.48. The van der Waals surface area contributed by atoms with Crippen LogP contribution in [0.5, 0.6) is 0 Å². The van der Waals surface area contributed by atoms with Crippen molar-refractivity contribution >= 4 is 22.0 Å². The first kappa shape index (κ1) is 18.2. The summed E-state index contributed by atoms with van der Waals surface area (Å²) in [4.78, 5) is 22.1. The highest BCUT2D eigenvalue weighted by Crippen LogP contribution is 2.25. The van der Waals surface area contributed by atoms with Crippen molar-refractivity contribution in [3.05, 3.63) is 17.6 Å². The van der Waals surface area contributed by atoms with Gasteiger partial charge in [-0.15, -0.1) is 0 Å². The predicted octanol–water partition coefficient (Wildman–Crippen LogP) is 1.11. The summed E-state index contributed by atoms with van der Waals surface area (Å²) in [7, 11) is -2.92. The Morgan fingerprint density at radius 1 is 1.36 bits per heavy atom. The van der Waals surface area contributed by atoms with Crippen molar-refractivity contribution in [2.75, 3.05) is 20.2 Å². The lowest BCUT2D eigenvalue weighted by atomic mass is 10.3. The Kier molecular flexibility index (Phi) is 6.12. The van der Waals surface area contributed by atoms with Crippen LogP contribution in [-0.2, 0) is 26.0 Å². The lowest BCUT2D eigenvalue weighted by molar-refractivity contribution is -0.137. The third kappa shape index (κ3) is 3.86. The molecule has 0 fully saturated rings. The number of sulfonamides is 1. The zero-order valence-electron chi connectivity index (χ0n) is 12.7. The zero-order valence-corrected chi connectivity index (χ0v) is 13.5. The minimum Gasteiger partial charge on any atom is -0.480 e. The number of furan rings is 1. The van der Waals surface area contributed by atoms with Crippen LogP contribution in [0.1, 0.15) is 36.6 Å². The van der Waals surface area contributed by atoms with E-state index in [0.29, 0.717) is 6.42 Å². The number of rotatable bonds is 8. The number of hydrogen-bond acceptors (Lipinski definition) is 6. The molecule has 0 aliphatic rings. The maximum absolute atomic E-state index is 12.6. The van der Waals surface area contributed by atoms with Gasteiger partial charge in [-0.3, -0.25) is 4.79 Å². The molecule has 1 heterocycles. The fourth-order valence-corrected chi connectivity index (χ4v) is 3.61. The summed E-state index contributed by atoms with van der Waals surface area (Å²) in [6.45, 7) is 2.80. The number of aryl methyl sites for hydroxylation is 1. The van der Waals surface area contributed by atoms with E-state index in [0.717, 1.165) is 17.5 Å². The Labute approximate surface area is 128 Å². The van der Waals surface area contributed by atoms with E-state index in [4.69, 9.17) is 9.52 Å². The van der Waals surface area contributed by atoms with Crippen molar-refractivity contribution in [3.8, 4) is 0 Å². The Morgan fingerprint density at radius 2 is 2.00 bits per heavy atom. The predicted molar refractivity (Wildman–Crippen MR) is 76.1 cm³/mol. The second kappa shape index (κ2) is 7.41. The summed E-state index contributed by atoms with van der Waals surface area (Å²) in [6, 6.07) is 1.07. The number of ether oxygens (including phenoxy) is 1. The van der Waals surface area contributed by atoms with Gasteiger partial charge in [0, 0.05) is 19.0 Å². The molecule has 0 amide bonds. The van der Waals surface area contributed by atoms with E-state index in [1.165, 1.54) is 0 Å². The third-order valence-corrected chi connectivity index (χ3v) is 4.77. The molecule has 124 valence electrons. The summed E-state index contributed by atoms with van der Waals surface area (Å²) < 4.78 is 35.8. The Balaban J connectivity index is 3.32. The summed E-state index contributed by atoms with van der Waals surface area (Å²) in [5.41, 5.74) is 0. The summed E-state index contributed by atoms with van der Waals surface area (Å²) in [5.74, 6) is -2.19. The van der Waals surface area contributed by atoms with Gasteiger partial charge in [0.05, 0.1) is 7.11 Å². The first-order chi connectivity index (χ1) is 10.3. The summed E-state index contributed by atoms with van der Waals surface area (Å²) in [5, 5.41) is 8.88. The van der Waals surface area contributed by atoms with Crippen LogP contribution in [0.25, 0.3) is 0 Å². The van der Waals surface area contributed by atoms with E-state index in [2.05, 4.69) is 4.74 Å². The Hall–Kier alpha value is -1.87. The minimum absolute atomic E-state index is 0.0521. The molecule has 8 nitrogen and oxygen atoms in total. The number of nitrogens with zero attached hydrogens (tertiary/aromatic N) is 1. The van der Waals surface area contributed by atoms with Crippen LogP contribution in [0.15, 0.2) is 15.4 Å². The van der Waals surface area contributed by atoms with E-state index in [1.807, 2.05) is 0 Å². The van der Waals surface area contributed by atoms with Gasteiger partial charge < -0.3 is 14.3 Å². The highest BCUT2D eigenvalue weighted by molar-refractivity contribution is 7.89. The molecule has 1 aromatic rings. The zero-order chi connectivity index (χ0) is 16.9.